The molecule has 0 spiro atoms. The molecule has 0 aromatic carbocycles. The van der Waals surface area contributed by atoms with Crippen LogP contribution in [-0.2, 0) is 0 Å². The molecule has 17 heavy (non-hydrogen) atoms. The third-order valence-corrected chi connectivity index (χ3v) is 2.56. The van der Waals surface area contributed by atoms with Crippen molar-refractivity contribution in [3.05, 3.63) is 35.8 Å². The van der Waals surface area contributed by atoms with Crippen molar-refractivity contribution in [2.75, 3.05) is 11.9 Å². The van der Waals surface area contributed by atoms with E-state index in [-0.39, 0.29) is 0 Å². The third-order valence-electron chi connectivity index (χ3n) is 2.56. The van der Waals surface area contributed by atoms with Gasteiger partial charge in [-0.15, -0.1) is 0 Å². The standard InChI is InChI=1S/C13H16N4/c1-4-14-13-12(11-7-5-6-8-15-11)16-9(2)10(3)17-13/h5-8H,4H2,1-3H3,(H,14,17). The molecule has 2 heterocycles. The lowest BCUT2D eigenvalue weighted by atomic mass is 10.2. The van der Waals surface area contributed by atoms with Crippen molar-refractivity contribution < 1.29 is 0 Å². The maximum atomic E-state index is 4.57. The second-order valence-corrected chi connectivity index (χ2v) is 3.84. The Balaban J connectivity index is 2.55. The lowest BCUT2D eigenvalue weighted by molar-refractivity contribution is 1.03. The van der Waals surface area contributed by atoms with Gasteiger partial charge in [-0.05, 0) is 32.9 Å². The van der Waals surface area contributed by atoms with E-state index in [9.17, 15) is 0 Å². The molecule has 0 amide bonds. The molecule has 2 rings (SSSR count). The molecule has 0 aliphatic heterocycles. The van der Waals surface area contributed by atoms with Gasteiger partial charge in [0.05, 0.1) is 17.1 Å². The first-order valence-corrected chi connectivity index (χ1v) is 5.73. The Kier molecular flexibility index (Phi) is 3.32. The fourth-order valence-electron chi connectivity index (χ4n) is 1.58. The summed E-state index contributed by atoms with van der Waals surface area (Å²) in [4.78, 5) is 13.4. The van der Waals surface area contributed by atoms with Crippen LogP contribution in [0, 0.1) is 13.8 Å². The van der Waals surface area contributed by atoms with Gasteiger partial charge < -0.3 is 5.32 Å². The molecule has 0 fully saturated rings. The van der Waals surface area contributed by atoms with Crippen LogP contribution in [0.25, 0.3) is 11.4 Å². The summed E-state index contributed by atoms with van der Waals surface area (Å²) in [5.74, 6) is 0.800. The molecule has 0 aliphatic rings. The van der Waals surface area contributed by atoms with Crippen LogP contribution in [0.15, 0.2) is 24.4 Å². The average Bonchev–Trinajstić information content (AvgIpc) is 2.35. The Morgan fingerprint density at radius 1 is 1.12 bits per heavy atom. The molecule has 4 nitrogen and oxygen atoms in total. The van der Waals surface area contributed by atoms with Crippen molar-refractivity contribution in [2.45, 2.75) is 20.8 Å². The zero-order valence-corrected chi connectivity index (χ0v) is 10.4. The van der Waals surface area contributed by atoms with Crippen LogP contribution in [0.2, 0.25) is 0 Å². The van der Waals surface area contributed by atoms with E-state index in [1.54, 1.807) is 6.20 Å². The molecule has 1 N–H and O–H groups in total. The average molecular weight is 228 g/mol. The minimum atomic E-state index is 0.800. The highest BCUT2D eigenvalue weighted by molar-refractivity contribution is 5.68. The lowest BCUT2D eigenvalue weighted by Gasteiger charge is -2.11. The summed E-state index contributed by atoms with van der Waals surface area (Å²) in [6, 6.07) is 5.79. The SMILES string of the molecule is CCNc1nc(C)c(C)nc1-c1ccccn1. The molecule has 0 saturated heterocycles. The first-order chi connectivity index (χ1) is 8.22. The number of hydrogen-bond acceptors (Lipinski definition) is 4. The van der Waals surface area contributed by atoms with Gasteiger partial charge in [-0.1, -0.05) is 6.07 Å². The number of pyridine rings is 1. The highest BCUT2D eigenvalue weighted by Crippen LogP contribution is 2.23. The van der Waals surface area contributed by atoms with Crippen LogP contribution in [0.5, 0.6) is 0 Å². The van der Waals surface area contributed by atoms with Crippen LogP contribution in [0.3, 0.4) is 0 Å². The van der Waals surface area contributed by atoms with Gasteiger partial charge in [0.1, 0.15) is 5.69 Å². The van der Waals surface area contributed by atoms with E-state index < -0.39 is 0 Å². The molecule has 0 aliphatic carbocycles. The maximum Gasteiger partial charge on any atom is 0.154 e. The summed E-state index contributed by atoms with van der Waals surface area (Å²) in [6.45, 7) is 6.78. The minimum absolute atomic E-state index is 0.800. The van der Waals surface area contributed by atoms with E-state index >= 15 is 0 Å². The predicted octanol–water partition coefficient (Wildman–Crippen LogP) is 2.59. The number of rotatable bonds is 3. The Hall–Kier alpha value is -1.97. The van der Waals surface area contributed by atoms with Gasteiger partial charge in [-0.2, -0.15) is 0 Å². The third kappa shape index (κ3) is 2.41. The normalized spacial score (nSPS) is 10.3. The molecule has 2 aromatic heterocycles. The van der Waals surface area contributed by atoms with E-state index in [1.807, 2.05) is 39.0 Å². The van der Waals surface area contributed by atoms with Gasteiger partial charge in [0, 0.05) is 12.7 Å². The van der Waals surface area contributed by atoms with Gasteiger partial charge in [-0.25, -0.2) is 9.97 Å². The Bertz CT molecular complexity index is 508. The van der Waals surface area contributed by atoms with Crippen molar-refractivity contribution in [3.63, 3.8) is 0 Å². The fourth-order valence-corrected chi connectivity index (χ4v) is 1.58. The highest BCUT2D eigenvalue weighted by Gasteiger charge is 2.11. The zero-order chi connectivity index (χ0) is 12.3. The molecule has 0 unspecified atom stereocenters. The van der Waals surface area contributed by atoms with Gasteiger partial charge in [-0.3, -0.25) is 4.98 Å². The Morgan fingerprint density at radius 3 is 2.53 bits per heavy atom. The van der Waals surface area contributed by atoms with Crippen molar-refractivity contribution in [1.82, 2.24) is 15.0 Å². The van der Waals surface area contributed by atoms with E-state index in [1.165, 1.54) is 0 Å². The molecule has 2 aromatic rings. The first-order valence-electron chi connectivity index (χ1n) is 5.73. The number of hydrogen-bond donors (Lipinski definition) is 1. The minimum Gasteiger partial charge on any atom is -0.368 e. The monoisotopic (exact) mass is 228 g/mol. The van der Waals surface area contributed by atoms with E-state index in [0.29, 0.717) is 0 Å². The summed E-state index contributed by atoms with van der Waals surface area (Å²) in [6.07, 6.45) is 1.77. The van der Waals surface area contributed by atoms with Crippen LogP contribution in [0.1, 0.15) is 18.3 Å². The molecule has 0 radical (unpaired) electrons. The zero-order valence-electron chi connectivity index (χ0n) is 10.4. The molecule has 0 atom stereocenters. The molecular weight excluding hydrogens is 212 g/mol. The van der Waals surface area contributed by atoms with Crippen LogP contribution in [0.4, 0.5) is 5.82 Å². The van der Waals surface area contributed by atoms with Gasteiger partial charge in [0.25, 0.3) is 0 Å². The van der Waals surface area contributed by atoms with Gasteiger partial charge >= 0.3 is 0 Å². The van der Waals surface area contributed by atoms with Gasteiger partial charge in [0.15, 0.2) is 5.82 Å². The summed E-state index contributed by atoms with van der Waals surface area (Å²) < 4.78 is 0. The quantitative estimate of drug-likeness (QED) is 0.877. The van der Waals surface area contributed by atoms with E-state index in [4.69, 9.17) is 0 Å². The second-order valence-electron chi connectivity index (χ2n) is 3.84. The van der Waals surface area contributed by atoms with E-state index in [2.05, 4.69) is 20.3 Å². The van der Waals surface area contributed by atoms with Crippen LogP contribution >= 0.6 is 0 Å². The van der Waals surface area contributed by atoms with Crippen LogP contribution in [-0.4, -0.2) is 21.5 Å². The Labute approximate surface area is 101 Å². The van der Waals surface area contributed by atoms with E-state index in [0.717, 1.165) is 35.1 Å². The molecule has 88 valence electrons. The maximum absolute atomic E-state index is 4.57. The van der Waals surface area contributed by atoms with Crippen molar-refractivity contribution >= 4 is 5.82 Å². The summed E-state index contributed by atoms with van der Waals surface area (Å²) in [5, 5.41) is 3.23. The largest absolute Gasteiger partial charge is 0.368 e. The smallest absolute Gasteiger partial charge is 0.154 e. The number of nitrogens with zero attached hydrogens (tertiary/aromatic N) is 3. The lowest BCUT2D eigenvalue weighted by Crippen LogP contribution is -2.06. The Morgan fingerprint density at radius 2 is 1.88 bits per heavy atom. The van der Waals surface area contributed by atoms with Gasteiger partial charge in [0.2, 0.25) is 0 Å². The molecular formula is C13H16N4. The second kappa shape index (κ2) is 4.91. The predicted molar refractivity (Wildman–Crippen MR) is 68.9 cm³/mol. The molecule has 0 saturated carbocycles. The summed E-state index contributed by atoms with van der Waals surface area (Å²) in [5.41, 5.74) is 3.54. The molecule has 4 heteroatoms. The highest BCUT2D eigenvalue weighted by atomic mass is 15.0. The number of aromatic nitrogens is 3. The number of nitrogens with one attached hydrogen (secondary N) is 1. The topological polar surface area (TPSA) is 50.7 Å². The van der Waals surface area contributed by atoms with Crippen molar-refractivity contribution in [3.8, 4) is 11.4 Å². The summed E-state index contributed by atoms with van der Waals surface area (Å²) in [7, 11) is 0. The number of aryl methyl sites for hydroxylation is 2. The van der Waals surface area contributed by atoms with Crippen molar-refractivity contribution in [1.29, 1.82) is 0 Å². The first kappa shape index (κ1) is 11.5. The number of anilines is 1. The summed E-state index contributed by atoms with van der Waals surface area (Å²) >= 11 is 0. The molecule has 0 bridgehead atoms. The van der Waals surface area contributed by atoms with Crippen LogP contribution < -0.4 is 5.32 Å². The fraction of sp³-hybridized carbons (Fsp3) is 0.308. The van der Waals surface area contributed by atoms with Crippen molar-refractivity contribution in [2.24, 2.45) is 0 Å².